The summed E-state index contributed by atoms with van der Waals surface area (Å²) in [5.41, 5.74) is -0.275. The lowest BCUT2D eigenvalue weighted by Gasteiger charge is -2.16. The van der Waals surface area contributed by atoms with Gasteiger partial charge in [0.15, 0.2) is 5.52 Å². The standard InChI is InChI=1S/C31H21ClF3N5O4S/c1-15-11-19(28-25(37-15)20(14-45-28)30(42)43)18-12-17(32)6-7-24(18)44-10-9-40-16(2)38-23-13-21(31(33,34)35)26(39-27(23)29(40)41)22-5-3-4-8-36-22/h3-8,11-14H,9-10H2,1-2H3,(H,42,43). The molecule has 1 aromatic carbocycles. The van der Waals surface area contributed by atoms with Crippen molar-refractivity contribution in [2.24, 2.45) is 0 Å². The minimum absolute atomic E-state index is 0.00421. The van der Waals surface area contributed by atoms with E-state index in [1.165, 1.54) is 46.5 Å². The van der Waals surface area contributed by atoms with Crippen molar-refractivity contribution in [2.45, 2.75) is 26.6 Å². The van der Waals surface area contributed by atoms with Crippen molar-refractivity contribution >= 4 is 50.2 Å². The Bertz CT molecular complexity index is 2190. The molecule has 0 bridgehead atoms. The Balaban J connectivity index is 1.36. The Labute approximate surface area is 261 Å². The second-order valence-electron chi connectivity index (χ2n) is 10.0. The molecule has 228 valence electrons. The van der Waals surface area contributed by atoms with Gasteiger partial charge in [0.25, 0.3) is 5.56 Å². The lowest BCUT2D eigenvalue weighted by atomic mass is 10.0. The van der Waals surface area contributed by atoms with Crippen molar-refractivity contribution in [1.29, 1.82) is 0 Å². The van der Waals surface area contributed by atoms with Crippen molar-refractivity contribution in [2.75, 3.05) is 6.61 Å². The van der Waals surface area contributed by atoms with E-state index in [1.54, 1.807) is 31.2 Å². The van der Waals surface area contributed by atoms with Gasteiger partial charge < -0.3 is 9.84 Å². The largest absolute Gasteiger partial charge is 0.491 e. The van der Waals surface area contributed by atoms with Crippen LogP contribution >= 0.6 is 22.9 Å². The van der Waals surface area contributed by atoms with Gasteiger partial charge in [-0.3, -0.25) is 19.3 Å². The molecule has 45 heavy (non-hydrogen) atoms. The van der Waals surface area contributed by atoms with Crippen molar-refractivity contribution in [3.8, 4) is 28.3 Å². The Morgan fingerprint density at radius 2 is 1.84 bits per heavy atom. The van der Waals surface area contributed by atoms with Gasteiger partial charge in [-0.1, -0.05) is 17.7 Å². The maximum atomic E-state index is 14.0. The summed E-state index contributed by atoms with van der Waals surface area (Å²) in [5, 5.41) is 11.6. The number of carboxylic acid groups (broad SMARTS) is 1. The average Bonchev–Trinajstić information content (AvgIpc) is 3.42. The van der Waals surface area contributed by atoms with Crippen LogP contribution in [0.25, 0.3) is 43.8 Å². The first-order valence-electron chi connectivity index (χ1n) is 13.4. The number of carboxylic acids is 1. The van der Waals surface area contributed by atoms with Crippen LogP contribution in [0, 0.1) is 13.8 Å². The molecule has 0 aliphatic rings. The second-order valence-corrected chi connectivity index (χ2v) is 11.3. The summed E-state index contributed by atoms with van der Waals surface area (Å²) in [6.07, 6.45) is -3.41. The van der Waals surface area contributed by atoms with Crippen molar-refractivity contribution in [1.82, 2.24) is 24.5 Å². The number of rotatable bonds is 7. The van der Waals surface area contributed by atoms with Gasteiger partial charge in [0.05, 0.1) is 39.1 Å². The number of carbonyl (C=O) groups is 1. The van der Waals surface area contributed by atoms with Crippen LogP contribution in [0.1, 0.15) is 27.4 Å². The van der Waals surface area contributed by atoms with Crippen molar-refractivity contribution in [3.63, 3.8) is 0 Å². The molecule has 1 N–H and O–H groups in total. The normalized spacial score (nSPS) is 11.8. The van der Waals surface area contributed by atoms with Gasteiger partial charge in [0.1, 0.15) is 23.9 Å². The highest BCUT2D eigenvalue weighted by Crippen LogP contribution is 2.40. The first-order valence-corrected chi connectivity index (χ1v) is 14.6. The molecule has 0 saturated carbocycles. The van der Waals surface area contributed by atoms with Crippen LogP contribution in [0.3, 0.4) is 0 Å². The molecule has 9 nitrogen and oxygen atoms in total. The number of halogens is 4. The predicted molar refractivity (Wildman–Crippen MR) is 164 cm³/mol. The Hall–Kier alpha value is -4.88. The van der Waals surface area contributed by atoms with Crippen molar-refractivity contribution < 1.29 is 27.8 Å². The van der Waals surface area contributed by atoms with Gasteiger partial charge in [0.2, 0.25) is 0 Å². The fourth-order valence-corrected chi connectivity index (χ4v) is 6.19. The fraction of sp³-hybridized carbons (Fsp3) is 0.161. The topological polar surface area (TPSA) is 120 Å². The molecule has 0 spiro atoms. The Morgan fingerprint density at radius 1 is 1.04 bits per heavy atom. The van der Waals surface area contributed by atoms with Crippen LogP contribution < -0.4 is 10.3 Å². The number of fused-ring (bicyclic) bond motifs is 2. The molecule has 0 saturated heterocycles. The minimum Gasteiger partial charge on any atom is -0.491 e. The van der Waals surface area contributed by atoms with E-state index in [-0.39, 0.29) is 41.3 Å². The van der Waals surface area contributed by atoms with Gasteiger partial charge in [0, 0.05) is 33.4 Å². The maximum absolute atomic E-state index is 14.0. The van der Waals surface area contributed by atoms with Crippen LogP contribution in [0.15, 0.2) is 64.9 Å². The third kappa shape index (κ3) is 5.71. The predicted octanol–water partition coefficient (Wildman–Crippen LogP) is 7.20. The van der Waals surface area contributed by atoms with Crippen LogP contribution in [0.5, 0.6) is 5.75 Å². The maximum Gasteiger partial charge on any atom is 0.418 e. The molecule has 6 rings (SSSR count). The summed E-state index contributed by atoms with van der Waals surface area (Å²) in [4.78, 5) is 42.1. The molecule has 0 radical (unpaired) electrons. The van der Waals surface area contributed by atoms with E-state index < -0.39 is 29.0 Å². The highest BCUT2D eigenvalue weighted by molar-refractivity contribution is 7.18. The fourth-order valence-electron chi connectivity index (χ4n) is 5.01. The molecular formula is C31H21ClF3N5O4S. The van der Waals surface area contributed by atoms with Crippen molar-refractivity contribution in [3.05, 3.63) is 98.1 Å². The number of hydrogen-bond donors (Lipinski definition) is 1. The highest BCUT2D eigenvalue weighted by atomic mass is 35.5. The third-order valence-corrected chi connectivity index (χ3v) is 8.26. The minimum atomic E-state index is -4.75. The molecule has 14 heteroatoms. The van der Waals surface area contributed by atoms with E-state index in [9.17, 15) is 27.9 Å². The zero-order chi connectivity index (χ0) is 32.0. The summed E-state index contributed by atoms with van der Waals surface area (Å²) in [5.74, 6) is -0.491. The molecule has 0 aliphatic carbocycles. The number of benzene rings is 1. The number of aryl methyl sites for hydroxylation is 2. The number of nitrogens with zero attached hydrogens (tertiary/aromatic N) is 5. The molecule has 0 unspecified atom stereocenters. The number of ether oxygens (including phenoxy) is 1. The van der Waals surface area contributed by atoms with Crippen LogP contribution in [-0.2, 0) is 12.7 Å². The van der Waals surface area contributed by atoms with Gasteiger partial charge in [-0.05, 0) is 56.3 Å². The number of thiophene rings is 1. The molecule has 5 heterocycles. The van der Waals surface area contributed by atoms with Gasteiger partial charge in [-0.2, -0.15) is 13.2 Å². The number of alkyl halides is 3. The Kier molecular flexibility index (Phi) is 7.75. The third-order valence-electron chi connectivity index (χ3n) is 7.02. The van der Waals surface area contributed by atoms with Gasteiger partial charge in [-0.15, -0.1) is 11.3 Å². The molecule has 0 aliphatic heterocycles. The molecule has 6 aromatic rings. The molecule has 5 aromatic heterocycles. The summed E-state index contributed by atoms with van der Waals surface area (Å²) >= 11 is 7.58. The highest BCUT2D eigenvalue weighted by Gasteiger charge is 2.36. The average molecular weight is 652 g/mol. The first kappa shape index (κ1) is 30.2. The zero-order valence-electron chi connectivity index (χ0n) is 23.5. The van der Waals surface area contributed by atoms with E-state index in [1.807, 2.05) is 6.07 Å². The summed E-state index contributed by atoms with van der Waals surface area (Å²) in [6.45, 7) is 3.25. The molecule has 0 fully saturated rings. The zero-order valence-corrected chi connectivity index (χ0v) is 25.1. The van der Waals surface area contributed by atoms with E-state index in [4.69, 9.17) is 16.3 Å². The van der Waals surface area contributed by atoms with Gasteiger partial charge >= 0.3 is 12.1 Å². The quantitative estimate of drug-likeness (QED) is 0.193. The number of aromatic nitrogens is 5. The monoisotopic (exact) mass is 651 g/mol. The van der Waals surface area contributed by atoms with Crippen LogP contribution in [-0.4, -0.2) is 42.2 Å². The Morgan fingerprint density at radius 3 is 2.56 bits per heavy atom. The lowest BCUT2D eigenvalue weighted by Crippen LogP contribution is -2.27. The van der Waals surface area contributed by atoms with Gasteiger partial charge in [-0.25, -0.2) is 14.8 Å². The van der Waals surface area contributed by atoms with Crippen LogP contribution in [0.2, 0.25) is 5.02 Å². The lowest BCUT2D eigenvalue weighted by molar-refractivity contribution is -0.137. The van der Waals surface area contributed by atoms with Crippen LogP contribution in [0.4, 0.5) is 13.2 Å². The molecular weight excluding hydrogens is 631 g/mol. The summed E-state index contributed by atoms with van der Waals surface area (Å²) < 4.78 is 49.9. The summed E-state index contributed by atoms with van der Waals surface area (Å²) in [6, 6.07) is 12.1. The second kappa shape index (κ2) is 11.6. The number of pyridine rings is 3. The van der Waals surface area contributed by atoms with E-state index in [0.717, 1.165) is 6.07 Å². The number of aromatic carboxylic acids is 1. The molecule has 0 atom stereocenters. The van der Waals surface area contributed by atoms with E-state index in [0.29, 0.717) is 37.8 Å². The van der Waals surface area contributed by atoms with E-state index in [2.05, 4.69) is 19.9 Å². The summed E-state index contributed by atoms with van der Waals surface area (Å²) in [7, 11) is 0. The number of hydrogen-bond acceptors (Lipinski definition) is 8. The van der Waals surface area contributed by atoms with E-state index >= 15 is 0 Å². The smallest absolute Gasteiger partial charge is 0.418 e. The molecule has 0 amide bonds. The first-order chi connectivity index (χ1) is 21.4. The SMILES string of the molecule is Cc1cc(-c2cc(Cl)ccc2OCCn2c(C)nc3cc(C(F)(F)F)c(-c4ccccn4)nc3c2=O)c2scc(C(=O)O)c2n1.